The molecule has 1 aromatic rings. The van der Waals surface area contributed by atoms with Gasteiger partial charge in [-0.2, -0.15) is 0 Å². The first kappa shape index (κ1) is 17.7. The SMILES string of the molecule is C[C@H]1C=C[C@@H](COCc2ccccc2)N[C@H]1C(=O)OC(C)(C)C. The lowest BCUT2D eigenvalue weighted by Crippen LogP contribution is -2.52. The zero-order chi connectivity index (χ0) is 16.9. The molecule has 1 aliphatic rings. The molecule has 0 bridgehead atoms. The minimum atomic E-state index is -0.473. The molecule has 0 aliphatic carbocycles. The third-order valence-corrected chi connectivity index (χ3v) is 3.64. The molecule has 0 saturated heterocycles. The van der Waals surface area contributed by atoms with Crippen LogP contribution in [0.3, 0.4) is 0 Å². The number of ether oxygens (including phenoxy) is 2. The predicted molar refractivity (Wildman–Crippen MR) is 91.0 cm³/mol. The molecule has 1 heterocycles. The Bertz CT molecular complexity index is 533. The van der Waals surface area contributed by atoms with Crippen molar-refractivity contribution in [3.8, 4) is 0 Å². The highest BCUT2D eigenvalue weighted by Crippen LogP contribution is 2.17. The second kappa shape index (κ2) is 7.75. The van der Waals surface area contributed by atoms with Gasteiger partial charge in [-0.3, -0.25) is 10.1 Å². The molecular formula is C19H27NO3. The molecule has 23 heavy (non-hydrogen) atoms. The second-order valence-electron chi connectivity index (χ2n) is 7.03. The Morgan fingerprint density at radius 1 is 1.17 bits per heavy atom. The van der Waals surface area contributed by atoms with Gasteiger partial charge in [0, 0.05) is 12.0 Å². The number of rotatable bonds is 5. The molecule has 2 rings (SSSR count). The van der Waals surface area contributed by atoms with E-state index in [-0.39, 0.29) is 24.0 Å². The van der Waals surface area contributed by atoms with Crippen LogP contribution in [0.15, 0.2) is 42.5 Å². The Balaban J connectivity index is 1.85. The number of esters is 1. The van der Waals surface area contributed by atoms with Crippen LogP contribution in [0.5, 0.6) is 0 Å². The smallest absolute Gasteiger partial charge is 0.324 e. The average molecular weight is 317 g/mol. The zero-order valence-corrected chi connectivity index (χ0v) is 14.4. The number of hydrogen-bond donors (Lipinski definition) is 1. The Morgan fingerprint density at radius 3 is 2.52 bits per heavy atom. The molecule has 4 nitrogen and oxygen atoms in total. The van der Waals surface area contributed by atoms with E-state index in [9.17, 15) is 4.79 Å². The maximum Gasteiger partial charge on any atom is 0.324 e. The van der Waals surface area contributed by atoms with E-state index in [0.29, 0.717) is 13.2 Å². The predicted octanol–water partition coefficient (Wildman–Crippen LogP) is 3.08. The normalized spacial score (nSPS) is 24.4. The first-order chi connectivity index (χ1) is 10.8. The molecule has 3 atom stereocenters. The zero-order valence-electron chi connectivity index (χ0n) is 14.4. The van der Waals surface area contributed by atoms with Crippen molar-refractivity contribution in [3.05, 3.63) is 48.0 Å². The number of carbonyl (C=O) groups is 1. The highest BCUT2D eigenvalue weighted by atomic mass is 16.6. The first-order valence-electron chi connectivity index (χ1n) is 8.14. The largest absolute Gasteiger partial charge is 0.459 e. The average Bonchev–Trinajstić information content (AvgIpc) is 2.48. The van der Waals surface area contributed by atoms with Crippen molar-refractivity contribution in [2.75, 3.05) is 6.61 Å². The van der Waals surface area contributed by atoms with E-state index in [2.05, 4.69) is 17.5 Å². The lowest BCUT2D eigenvalue weighted by Gasteiger charge is -2.32. The van der Waals surface area contributed by atoms with Crippen molar-refractivity contribution in [3.63, 3.8) is 0 Å². The summed E-state index contributed by atoms with van der Waals surface area (Å²) in [5.41, 5.74) is 0.670. The van der Waals surface area contributed by atoms with Crippen molar-refractivity contribution in [2.24, 2.45) is 5.92 Å². The lowest BCUT2D eigenvalue weighted by atomic mass is 9.95. The van der Waals surface area contributed by atoms with Gasteiger partial charge in [0.15, 0.2) is 0 Å². The molecular weight excluding hydrogens is 290 g/mol. The monoisotopic (exact) mass is 317 g/mol. The summed E-state index contributed by atoms with van der Waals surface area (Å²) < 4.78 is 11.3. The standard InChI is InChI=1S/C19H27NO3/c1-14-10-11-16(13-22-12-15-8-6-5-7-9-15)20-17(14)18(21)23-19(2,3)4/h5-11,14,16-17,20H,12-13H2,1-4H3/t14-,16-,17+/m0/s1. The fraction of sp³-hybridized carbons (Fsp3) is 0.526. The molecule has 0 unspecified atom stereocenters. The molecule has 1 aromatic carbocycles. The van der Waals surface area contributed by atoms with Crippen LogP contribution in [0.2, 0.25) is 0 Å². The van der Waals surface area contributed by atoms with E-state index in [1.54, 1.807) is 0 Å². The van der Waals surface area contributed by atoms with Gasteiger partial charge in [0.05, 0.1) is 13.2 Å². The van der Waals surface area contributed by atoms with Crippen LogP contribution < -0.4 is 5.32 Å². The molecule has 1 N–H and O–H groups in total. The van der Waals surface area contributed by atoms with Crippen LogP contribution in [0, 0.1) is 5.92 Å². The third-order valence-electron chi connectivity index (χ3n) is 3.64. The van der Waals surface area contributed by atoms with Crippen LogP contribution in [0.4, 0.5) is 0 Å². The van der Waals surface area contributed by atoms with Crippen LogP contribution in [0.25, 0.3) is 0 Å². The topological polar surface area (TPSA) is 47.6 Å². The van der Waals surface area contributed by atoms with E-state index in [0.717, 1.165) is 5.56 Å². The van der Waals surface area contributed by atoms with Gasteiger partial charge >= 0.3 is 5.97 Å². The van der Waals surface area contributed by atoms with Gasteiger partial charge in [-0.25, -0.2) is 0 Å². The van der Waals surface area contributed by atoms with Crippen molar-refractivity contribution in [1.82, 2.24) is 5.32 Å². The fourth-order valence-corrected chi connectivity index (χ4v) is 2.49. The van der Waals surface area contributed by atoms with Crippen molar-refractivity contribution < 1.29 is 14.3 Å². The molecule has 0 spiro atoms. The molecule has 1 aliphatic heterocycles. The van der Waals surface area contributed by atoms with Crippen molar-refractivity contribution in [2.45, 2.75) is 52.0 Å². The Labute approximate surface area is 138 Å². The van der Waals surface area contributed by atoms with Gasteiger partial charge < -0.3 is 9.47 Å². The summed E-state index contributed by atoms with van der Waals surface area (Å²) in [6.07, 6.45) is 4.12. The van der Waals surface area contributed by atoms with Crippen LogP contribution in [-0.4, -0.2) is 30.3 Å². The molecule has 0 fully saturated rings. The van der Waals surface area contributed by atoms with Gasteiger partial charge in [-0.05, 0) is 26.3 Å². The van der Waals surface area contributed by atoms with Crippen LogP contribution >= 0.6 is 0 Å². The van der Waals surface area contributed by atoms with E-state index >= 15 is 0 Å². The van der Waals surface area contributed by atoms with Gasteiger partial charge in [-0.15, -0.1) is 0 Å². The highest BCUT2D eigenvalue weighted by molar-refractivity contribution is 5.77. The molecule has 0 aromatic heterocycles. The summed E-state index contributed by atoms with van der Waals surface area (Å²) in [5, 5.41) is 3.33. The summed E-state index contributed by atoms with van der Waals surface area (Å²) in [6, 6.07) is 9.75. The van der Waals surface area contributed by atoms with Gasteiger partial charge in [0.25, 0.3) is 0 Å². The molecule has 4 heteroatoms. The van der Waals surface area contributed by atoms with Gasteiger partial charge in [0.1, 0.15) is 11.6 Å². The van der Waals surface area contributed by atoms with Gasteiger partial charge in [0.2, 0.25) is 0 Å². The summed E-state index contributed by atoms with van der Waals surface area (Å²) in [6.45, 7) is 8.76. The number of benzene rings is 1. The summed E-state index contributed by atoms with van der Waals surface area (Å²) >= 11 is 0. The summed E-state index contributed by atoms with van der Waals surface area (Å²) in [7, 11) is 0. The minimum Gasteiger partial charge on any atom is -0.459 e. The fourth-order valence-electron chi connectivity index (χ4n) is 2.49. The maximum atomic E-state index is 12.3. The summed E-state index contributed by atoms with van der Waals surface area (Å²) in [4.78, 5) is 12.3. The number of hydrogen-bond acceptors (Lipinski definition) is 4. The molecule has 0 radical (unpaired) electrons. The number of nitrogens with one attached hydrogen (secondary N) is 1. The van der Waals surface area contributed by atoms with Crippen LogP contribution in [-0.2, 0) is 20.9 Å². The Morgan fingerprint density at radius 2 is 1.87 bits per heavy atom. The molecule has 126 valence electrons. The first-order valence-corrected chi connectivity index (χ1v) is 8.14. The van der Waals surface area contributed by atoms with Crippen LogP contribution in [0.1, 0.15) is 33.3 Å². The lowest BCUT2D eigenvalue weighted by molar-refractivity contribution is -0.158. The van der Waals surface area contributed by atoms with Crippen molar-refractivity contribution >= 4 is 5.97 Å². The van der Waals surface area contributed by atoms with E-state index in [4.69, 9.17) is 9.47 Å². The maximum absolute atomic E-state index is 12.3. The molecule has 0 amide bonds. The second-order valence-corrected chi connectivity index (χ2v) is 7.03. The molecule has 0 saturated carbocycles. The third kappa shape index (κ3) is 5.81. The Kier molecular flexibility index (Phi) is 5.97. The highest BCUT2D eigenvalue weighted by Gasteiger charge is 2.32. The van der Waals surface area contributed by atoms with E-state index < -0.39 is 5.60 Å². The quantitative estimate of drug-likeness (QED) is 0.670. The van der Waals surface area contributed by atoms with Crippen molar-refractivity contribution in [1.29, 1.82) is 0 Å². The van der Waals surface area contributed by atoms with Gasteiger partial charge in [-0.1, -0.05) is 49.4 Å². The van der Waals surface area contributed by atoms with E-state index in [1.807, 2.05) is 58.0 Å². The van der Waals surface area contributed by atoms with E-state index in [1.165, 1.54) is 0 Å². The Hall–Kier alpha value is -1.65. The number of carbonyl (C=O) groups excluding carboxylic acids is 1. The summed E-state index contributed by atoms with van der Waals surface area (Å²) in [5.74, 6) is -0.0994. The minimum absolute atomic E-state index is 0.0208.